The average Bonchev–Trinajstić information content (AvgIpc) is 2.92. The van der Waals surface area contributed by atoms with Crippen molar-refractivity contribution in [3.8, 4) is 0 Å². The molecule has 6 nitrogen and oxygen atoms in total. The van der Waals surface area contributed by atoms with Gasteiger partial charge in [-0.15, -0.1) is 10.2 Å². The van der Waals surface area contributed by atoms with Crippen molar-refractivity contribution in [1.82, 2.24) is 20.8 Å². The first kappa shape index (κ1) is 12.8. The summed E-state index contributed by atoms with van der Waals surface area (Å²) in [5.41, 5.74) is 0.360. The molecule has 6 heteroatoms. The summed E-state index contributed by atoms with van der Waals surface area (Å²) >= 11 is 0. The normalized spacial score (nSPS) is 18.7. The summed E-state index contributed by atoms with van der Waals surface area (Å²) in [5, 5.41) is 14.1. The minimum Gasteiger partial charge on any atom is -0.354 e. The van der Waals surface area contributed by atoms with Gasteiger partial charge in [0.05, 0.1) is 0 Å². The molecule has 1 atom stereocenters. The van der Waals surface area contributed by atoms with Gasteiger partial charge >= 0.3 is 0 Å². The molecular weight excluding hydrogens is 230 g/mol. The lowest BCUT2D eigenvalue weighted by molar-refractivity contribution is 0.0950. The van der Waals surface area contributed by atoms with E-state index in [1.807, 2.05) is 20.0 Å². The Morgan fingerprint density at radius 2 is 2.39 bits per heavy atom. The number of likely N-dealkylation sites (N-methyl/N-ethyl adjacent to an activating group) is 1. The van der Waals surface area contributed by atoms with Crippen LogP contribution in [0, 0.1) is 0 Å². The van der Waals surface area contributed by atoms with Gasteiger partial charge < -0.3 is 15.5 Å². The molecule has 1 aliphatic heterocycles. The van der Waals surface area contributed by atoms with Crippen LogP contribution in [0.4, 0.5) is 5.82 Å². The predicted molar refractivity (Wildman–Crippen MR) is 69.7 cm³/mol. The van der Waals surface area contributed by atoms with Crippen molar-refractivity contribution in [1.29, 1.82) is 0 Å². The third kappa shape index (κ3) is 2.76. The van der Waals surface area contributed by atoms with Gasteiger partial charge in [-0.25, -0.2) is 0 Å². The van der Waals surface area contributed by atoms with Crippen molar-refractivity contribution < 1.29 is 4.79 Å². The topological polar surface area (TPSA) is 70.2 Å². The van der Waals surface area contributed by atoms with Gasteiger partial charge in [-0.1, -0.05) is 0 Å². The number of nitrogens with one attached hydrogen (secondary N) is 2. The number of hydrogen-bond donors (Lipinski definition) is 2. The number of rotatable bonds is 4. The molecule has 0 spiro atoms. The highest BCUT2D eigenvalue weighted by atomic mass is 16.1. The summed E-state index contributed by atoms with van der Waals surface area (Å²) in [4.78, 5) is 13.7. The van der Waals surface area contributed by atoms with Gasteiger partial charge in [0, 0.05) is 26.2 Å². The molecule has 2 N–H and O–H groups in total. The van der Waals surface area contributed by atoms with Crippen LogP contribution >= 0.6 is 0 Å². The smallest absolute Gasteiger partial charge is 0.271 e. The van der Waals surface area contributed by atoms with Gasteiger partial charge in [-0.3, -0.25) is 4.79 Å². The Kier molecular flexibility index (Phi) is 4.09. The predicted octanol–water partition coefficient (Wildman–Crippen LogP) is 0.0244. The van der Waals surface area contributed by atoms with Crippen LogP contribution in [0.25, 0.3) is 0 Å². The molecule has 1 aromatic heterocycles. The van der Waals surface area contributed by atoms with E-state index in [-0.39, 0.29) is 5.91 Å². The van der Waals surface area contributed by atoms with Crippen molar-refractivity contribution in [2.45, 2.75) is 19.4 Å². The van der Waals surface area contributed by atoms with Crippen molar-refractivity contribution >= 4 is 11.7 Å². The number of amides is 1. The summed E-state index contributed by atoms with van der Waals surface area (Å²) in [6.45, 7) is 4.48. The number of anilines is 1. The largest absolute Gasteiger partial charge is 0.354 e. The molecule has 0 aromatic carbocycles. The number of aromatic nitrogens is 2. The molecule has 0 aliphatic carbocycles. The maximum Gasteiger partial charge on any atom is 0.271 e. The second kappa shape index (κ2) is 5.77. The second-order valence-electron chi connectivity index (χ2n) is 4.39. The Morgan fingerprint density at radius 1 is 1.56 bits per heavy atom. The molecule has 18 heavy (non-hydrogen) atoms. The molecule has 0 radical (unpaired) electrons. The van der Waals surface area contributed by atoms with Crippen LogP contribution in [-0.4, -0.2) is 48.8 Å². The Morgan fingerprint density at radius 3 is 2.94 bits per heavy atom. The molecule has 98 valence electrons. The number of nitrogens with zero attached hydrogens (tertiary/aromatic N) is 3. The van der Waals surface area contributed by atoms with Crippen molar-refractivity contribution in [3.05, 3.63) is 17.8 Å². The van der Waals surface area contributed by atoms with Gasteiger partial charge in [-0.05, 0) is 32.0 Å². The molecule has 0 saturated carbocycles. The molecule has 1 fully saturated rings. The van der Waals surface area contributed by atoms with Crippen molar-refractivity contribution in [2.75, 3.05) is 31.6 Å². The lowest BCUT2D eigenvalue weighted by atomic mass is 10.2. The zero-order valence-electron chi connectivity index (χ0n) is 10.8. The van der Waals surface area contributed by atoms with Crippen LogP contribution in [-0.2, 0) is 0 Å². The maximum absolute atomic E-state index is 11.5. The zero-order chi connectivity index (χ0) is 13.0. The fourth-order valence-corrected chi connectivity index (χ4v) is 2.04. The highest BCUT2D eigenvalue weighted by Gasteiger charge is 2.20. The van der Waals surface area contributed by atoms with E-state index in [0.717, 1.165) is 25.3 Å². The lowest BCUT2D eigenvalue weighted by Crippen LogP contribution is -2.34. The molecule has 1 unspecified atom stereocenters. The third-order valence-electron chi connectivity index (χ3n) is 3.16. The molecule has 0 bridgehead atoms. The number of hydrogen-bond acceptors (Lipinski definition) is 5. The standard InChI is InChI=1S/C12H19N5O/c1-3-14-12(18)10-4-5-11(16-15-10)17(2)9-6-7-13-8-9/h4-5,9,13H,3,6-8H2,1-2H3,(H,14,18). The van der Waals surface area contributed by atoms with E-state index >= 15 is 0 Å². The molecule has 1 aliphatic rings. The average molecular weight is 249 g/mol. The molecule has 1 amide bonds. The maximum atomic E-state index is 11.5. The monoisotopic (exact) mass is 249 g/mol. The first-order valence-electron chi connectivity index (χ1n) is 6.28. The van der Waals surface area contributed by atoms with Gasteiger partial charge in [0.25, 0.3) is 5.91 Å². The van der Waals surface area contributed by atoms with Crippen LogP contribution in [0.5, 0.6) is 0 Å². The first-order valence-corrected chi connectivity index (χ1v) is 6.28. The quantitative estimate of drug-likeness (QED) is 0.787. The second-order valence-corrected chi connectivity index (χ2v) is 4.39. The van der Waals surface area contributed by atoms with Gasteiger partial charge in [0.15, 0.2) is 11.5 Å². The SMILES string of the molecule is CCNC(=O)c1ccc(N(C)C2CCNC2)nn1. The third-order valence-corrected chi connectivity index (χ3v) is 3.16. The minimum atomic E-state index is -0.179. The Labute approximate surface area is 107 Å². The van der Waals surface area contributed by atoms with Crippen LogP contribution in [0.2, 0.25) is 0 Å². The van der Waals surface area contributed by atoms with Crippen LogP contribution in [0.1, 0.15) is 23.8 Å². The summed E-state index contributed by atoms with van der Waals surface area (Å²) in [6.07, 6.45) is 1.11. The van der Waals surface area contributed by atoms with E-state index < -0.39 is 0 Å². The highest BCUT2D eigenvalue weighted by Crippen LogP contribution is 2.14. The van der Waals surface area contributed by atoms with E-state index in [9.17, 15) is 4.79 Å². The summed E-state index contributed by atoms with van der Waals surface area (Å²) in [5.74, 6) is 0.624. The van der Waals surface area contributed by atoms with E-state index in [4.69, 9.17) is 0 Å². The van der Waals surface area contributed by atoms with Crippen LogP contribution in [0.3, 0.4) is 0 Å². The summed E-state index contributed by atoms with van der Waals surface area (Å²) in [6, 6.07) is 4.01. The molecule has 1 saturated heterocycles. The fourth-order valence-electron chi connectivity index (χ4n) is 2.04. The summed E-state index contributed by atoms with van der Waals surface area (Å²) in [7, 11) is 2.01. The molecule has 1 aromatic rings. The molecular formula is C12H19N5O. The molecule has 2 heterocycles. The Bertz CT molecular complexity index is 399. The number of carbonyl (C=O) groups excluding carboxylic acids is 1. The zero-order valence-corrected chi connectivity index (χ0v) is 10.8. The fraction of sp³-hybridized carbons (Fsp3) is 0.583. The van der Waals surface area contributed by atoms with Crippen molar-refractivity contribution in [2.24, 2.45) is 0 Å². The first-order chi connectivity index (χ1) is 8.72. The van der Waals surface area contributed by atoms with Gasteiger partial charge in [-0.2, -0.15) is 0 Å². The minimum absolute atomic E-state index is 0.179. The van der Waals surface area contributed by atoms with Gasteiger partial charge in [0.1, 0.15) is 0 Å². The number of carbonyl (C=O) groups is 1. The van der Waals surface area contributed by atoms with E-state index in [1.165, 1.54) is 0 Å². The summed E-state index contributed by atoms with van der Waals surface area (Å²) < 4.78 is 0. The lowest BCUT2D eigenvalue weighted by Gasteiger charge is -2.24. The van der Waals surface area contributed by atoms with Crippen LogP contribution in [0.15, 0.2) is 12.1 Å². The Hall–Kier alpha value is -1.69. The van der Waals surface area contributed by atoms with E-state index in [2.05, 4.69) is 25.7 Å². The van der Waals surface area contributed by atoms with Gasteiger partial charge in [0.2, 0.25) is 0 Å². The van der Waals surface area contributed by atoms with E-state index in [1.54, 1.807) is 6.07 Å². The Balaban J connectivity index is 2.04. The highest BCUT2D eigenvalue weighted by molar-refractivity contribution is 5.92. The van der Waals surface area contributed by atoms with Crippen LogP contribution < -0.4 is 15.5 Å². The van der Waals surface area contributed by atoms with Crippen molar-refractivity contribution in [3.63, 3.8) is 0 Å². The molecule has 2 rings (SSSR count). The van der Waals surface area contributed by atoms with E-state index in [0.29, 0.717) is 18.3 Å².